The Labute approximate surface area is 155 Å². The first-order valence-electron chi connectivity index (χ1n) is 9.64. The second kappa shape index (κ2) is 7.01. The van der Waals surface area contributed by atoms with Crippen molar-refractivity contribution < 1.29 is 9.53 Å². The van der Waals surface area contributed by atoms with E-state index >= 15 is 0 Å². The van der Waals surface area contributed by atoms with E-state index in [1.807, 2.05) is 24.3 Å². The maximum absolute atomic E-state index is 13.1. The van der Waals surface area contributed by atoms with Crippen molar-refractivity contribution in [3.8, 4) is 0 Å². The van der Waals surface area contributed by atoms with E-state index in [4.69, 9.17) is 4.74 Å². The summed E-state index contributed by atoms with van der Waals surface area (Å²) in [6, 6.07) is 14.3. The molecule has 2 atom stereocenters. The highest BCUT2D eigenvalue weighted by Crippen LogP contribution is 2.44. The lowest BCUT2D eigenvalue weighted by Gasteiger charge is -2.30. The fourth-order valence-corrected chi connectivity index (χ4v) is 4.85. The molecule has 2 aromatic rings. The average Bonchev–Trinajstić information content (AvgIpc) is 3.25. The van der Waals surface area contributed by atoms with Crippen LogP contribution in [0.1, 0.15) is 23.7 Å². The minimum atomic E-state index is 0.166. The predicted molar refractivity (Wildman–Crippen MR) is 104 cm³/mol. The maximum Gasteiger partial charge on any atom is 0.253 e. The highest BCUT2D eigenvalue weighted by Gasteiger charge is 2.50. The first-order chi connectivity index (χ1) is 12.6. The summed E-state index contributed by atoms with van der Waals surface area (Å²) >= 11 is 0. The molecule has 0 bridgehead atoms. The minimum Gasteiger partial charge on any atom is -0.384 e. The molecule has 2 aliphatic rings. The van der Waals surface area contributed by atoms with Gasteiger partial charge in [-0.3, -0.25) is 4.79 Å². The van der Waals surface area contributed by atoms with Gasteiger partial charge in [0.25, 0.3) is 5.91 Å². The summed E-state index contributed by atoms with van der Waals surface area (Å²) < 4.78 is 5.50. The average molecular weight is 352 g/mol. The lowest BCUT2D eigenvalue weighted by atomic mass is 9.77. The standard InChI is InChI=1S/C22H28N2O2/c1-3-23-13-20(14-26-2)22(15-23)10-11-24(16-22)21(25)19-9-8-17-6-4-5-7-18(17)12-19/h4-9,12,20H,3,10-11,13-16H2,1-2H3/t20-,22-/m0/s1. The molecule has 0 unspecified atom stereocenters. The van der Waals surface area contributed by atoms with Crippen LogP contribution in [0.4, 0.5) is 0 Å². The van der Waals surface area contributed by atoms with Crippen molar-refractivity contribution in [3.63, 3.8) is 0 Å². The summed E-state index contributed by atoms with van der Waals surface area (Å²) in [6.07, 6.45) is 1.08. The van der Waals surface area contributed by atoms with Crippen molar-refractivity contribution in [2.75, 3.05) is 46.4 Å². The molecule has 1 amide bonds. The topological polar surface area (TPSA) is 32.8 Å². The number of likely N-dealkylation sites (tertiary alicyclic amines) is 2. The first-order valence-corrected chi connectivity index (χ1v) is 9.64. The van der Waals surface area contributed by atoms with Gasteiger partial charge < -0.3 is 14.5 Å². The van der Waals surface area contributed by atoms with E-state index in [0.717, 1.165) is 56.7 Å². The van der Waals surface area contributed by atoms with Gasteiger partial charge in [0, 0.05) is 50.2 Å². The van der Waals surface area contributed by atoms with Crippen LogP contribution in [0, 0.1) is 11.3 Å². The van der Waals surface area contributed by atoms with Crippen LogP contribution in [0.2, 0.25) is 0 Å². The summed E-state index contributed by atoms with van der Waals surface area (Å²) in [4.78, 5) is 17.7. The van der Waals surface area contributed by atoms with Crippen LogP contribution in [-0.2, 0) is 4.74 Å². The van der Waals surface area contributed by atoms with Crippen molar-refractivity contribution in [2.24, 2.45) is 11.3 Å². The number of rotatable bonds is 4. The fraction of sp³-hybridized carbons (Fsp3) is 0.500. The molecule has 0 saturated carbocycles. The Kier molecular flexibility index (Phi) is 4.72. The Morgan fingerprint density at radius 2 is 2.00 bits per heavy atom. The number of benzene rings is 2. The SMILES string of the molecule is CCN1C[C@@H](COC)[C@@]2(CCN(C(=O)c3ccc4ccccc4c3)C2)C1. The zero-order valence-corrected chi connectivity index (χ0v) is 15.8. The molecule has 0 N–H and O–H groups in total. The van der Waals surface area contributed by atoms with Gasteiger partial charge in [0.1, 0.15) is 0 Å². The Hall–Kier alpha value is -1.91. The number of hydrogen-bond acceptors (Lipinski definition) is 3. The van der Waals surface area contributed by atoms with Gasteiger partial charge in [0.05, 0.1) is 6.61 Å². The number of carbonyl (C=O) groups excluding carboxylic acids is 1. The molecular formula is C22H28N2O2. The smallest absolute Gasteiger partial charge is 0.253 e. The van der Waals surface area contributed by atoms with Crippen molar-refractivity contribution in [1.82, 2.24) is 9.80 Å². The lowest BCUT2D eigenvalue weighted by Crippen LogP contribution is -2.38. The minimum absolute atomic E-state index is 0.166. The van der Waals surface area contributed by atoms with E-state index in [-0.39, 0.29) is 11.3 Å². The molecule has 26 heavy (non-hydrogen) atoms. The zero-order valence-electron chi connectivity index (χ0n) is 15.8. The zero-order chi connectivity index (χ0) is 18.1. The number of ether oxygens (including phenoxy) is 1. The summed E-state index contributed by atoms with van der Waals surface area (Å²) in [7, 11) is 1.79. The van der Waals surface area contributed by atoms with E-state index in [1.54, 1.807) is 7.11 Å². The summed E-state index contributed by atoms with van der Waals surface area (Å²) in [5, 5.41) is 2.30. The number of nitrogens with zero attached hydrogens (tertiary/aromatic N) is 2. The van der Waals surface area contributed by atoms with E-state index in [2.05, 4.69) is 34.9 Å². The third-order valence-corrected chi connectivity index (χ3v) is 6.37. The van der Waals surface area contributed by atoms with Gasteiger partial charge in [0.15, 0.2) is 0 Å². The molecule has 4 rings (SSSR count). The Bertz CT molecular complexity index is 806. The van der Waals surface area contributed by atoms with Gasteiger partial charge in [-0.1, -0.05) is 37.3 Å². The van der Waals surface area contributed by atoms with Gasteiger partial charge in [-0.2, -0.15) is 0 Å². The van der Waals surface area contributed by atoms with Gasteiger partial charge in [-0.15, -0.1) is 0 Å². The van der Waals surface area contributed by atoms with Crippen LogP contribution in [0.25, 0.3) is 10.8 Å². The molecule has 2 aromatic carbocycles. The molecule has 0 aromatic heterocycles. The number of carbonyl (C=O) groups is 1. The second-order valence-electron chi connectivity index (χ2n) is 7.88. The van der Waals surface area contributed by atoms with Gasteiger partial charge in [-0.25, -0.2) is 0 Å². The molecule has 2 heterocycles. The van der Waals surface area contributed by atoms with Crippen molar-refractivity contribution >= 4 is 16.7 Å². The van der Waals surface area contributed by atoms with Crippen LogP contribution < -0.4 is 0 Å². The number of amides is 1. The third kappa shape index (κ3) is 3.01. The van der Waals surface area contributed by atoms with Gasteiger partial charge in [0.2, 0.25) is 0 Å². The highest BCUT2D eigenvalue weighted by atomic mass is 16.5. The molecule has 138 valence electrons. The molecular weight excluding hydrogens is 324 g/mol. The monoisotopic (exact) mass is 352 g/mol. The molecule has 0 aliphatic carbocycles. The van der Waals surface area contributed by atoms with Crippen LogP contribution in [0.5, 0.6) is 0 Å². The van der Waals surface area contributed by atoms with Gasteiger partial charge in [-0.05, 0) is 35.9 Å². The Balaban J connectivity index is 1.54. The lowest BCUT2D eigenvalue weighted by molar-refractivity contribution is 0.0716. The molecule has 2 aliphatic heterocycles. The Morgan fingerprint density at radius 3 is 2.77 bits per heavy atom. The number of hydrogen-bond donors (Lipinski definition) is 0. The van der Waals surface area contributed by atoms with Crippen LogP contribution >= 0.6 is 0 Å². The highest BCUT2D eigenvalue weighted by molar-refractivity contribution is 5.98. The number of methoxy groups -OCH3 is 1. The Morgan fingerprint density at radius 1 is 1.19 bits per heavy atom. The van der Waals surface area contributed by atoms with Crippen molar-refractivity contribution in [2.45, 2.75) is 13.3 Å². The van der Waals surface area contributed by atoms with Crippen LogP contribution in [-0.4, -0.2) is 62.1 Å². The normalized spacial score (nSPS) is 26.2. The third-order valence-electron chi connectivity index (χ3n) is 6.37. The molecule has 2 fully saturated rings. The first kappa shape index (κ1) is 17.5. The van der Waals surface area contributed by atoms with E-state index < -0.39 is 0 Å². The largest absolute Gasteiger partial charge is 0.384 e. The maximum atomic E-state index is 13.1. The second-order valence-corrected chi connectivity index (χ2v) is 7.88. The molecule has 4 nitrogen and oxygen atoms in total. The van der Waals surface area contributed by atoms with E-state index in [0.29, 0.717) is 5.92 Å². The van der Waals surface area contributed by atoms with E-state index in [1.165, 1.54) is 5.39 Å². The van der Waals surface area contributed by atoms with Crippen LogP contribution in [0.15, 0.2) is 42.5 Å². The van der Waals surface area contributed by atoms with Gasteiger partial charge >= 0.3 is 0 Å². The van der Waals surface area contributed by atoms with Crippen molar-refractivity contribution in [3.05, 3.63) is 48.0 Å². The fourth-order valence-electron chi connectivity index (χ4n) is 4.85. The quantitative estimate of drug-likeness (QED) is 0.847. The van der Waals surface area contributed by atoms with Crippen LogP contribution in [0.3, 0.4) is 0 Å². The molecule has 2 saturated heterocycles. The van der Waals surface area contributed by atoms with Crippen molar-refractivity contribution in [1.29, 1.82) is 0 Å². The molecule has 4 heteroatoms. The predicted octanol–water partition coefficient (Wildman–Crippen LogP) is 3.27. The summed E-state index contributed by atoms with van der Waals surface area (Å²) in [6.45, 7) is 7.94. The number of fused-ring (bicyclic) bond motifs is 1. The molecule has 1 spiro atoms. The summed E-state index contributed by atoms with van der Waals surface area (Å²) in [5.41, 5.74) is 0.993. The summed E-state index contributed by atoms with van der Waals surface area (Å²) in [5.74, 6) is 0.681. The molecule has 0 radical (unpaired) electrons. The van der Waals surface area contributed by atoms with E-state index in [9.17, 15) is 4.79 Å².